The molecule has 3 N–H and O–H groups in total. The molecule has 9 heteroatoms. The lowest BCUT2D eigenvalue weighted by atomic mass is 10.1. The minimum absolute atomic E-state index is 0.0327. The SMILES string of the molecule is NC(=O)N1C(=O)C(NC(=O)c2ccc(Cl)cc2)c2cc(F)c(Cl)cc21. The third-order valence-corrected chi connectivity index (χ3v) is 4.23. The summed E-state index contributed by atoms with van der Waals surface area (Å²) in [7, 11) is 0. The Morgan fingerprint density at radius 3 is 2.40 bits per heavy atom. The zero-order valence-corrected chi connectivity index (χ0v) is 13.9. The Hall–Kier alpha value is -2.64. The first-order valence-electron chi connectivity index (χ1n) is 6.98. The number of imide groups is 1. The van der Waals surface area contributed by atoms with E-state index < -0.39 is 29.7 Å². The van der Waals surface area contributed by atoms with Crippen LogP contribution >= 0.6 is 23.2 Å². The summed E-state index contributed by atoms with van der Waals surface area (Å²) in [6, 6.07) is 5.73. The van der Waals surface area contributed by atoms with Gasteiger partial charge < -0.3 is 11.1 Å². The largest absolute Gasteiger partial charge is 0.351 e. The van der Waals surface area contributed by atoms with Gasteiger partial charge in [-0.05, 0) is 36.4 Å². The van der Waals surface area contributed by atoms with Gasteiger partial charge in [-0.1, -0.05) is 23.2 Å². The number of benzene rings is 2. The van der Waals surface area contributed by atoms with Crippen molar-refractivity contribution in [3.63, 3.8) is 0 Å². The van der Waals surface area contributed by atoms with E-state index in [9.17, 15) is 18.8 Å². The molecule has 1 heterocycles. The number of amides is 4. The Morgan fingerprint density at radius 2 is 1.80 bits per heavy atom. The number of anilines is 1. The summed E-state index contributed by atoms with van der Waals surface area (Å²) in [5.74, 6) is -2.18. The van der Waals surface area contributed by atoms with Crippen molar-refractivity contribution in [3.8, 4) is 0 Å². The zero-order valence-electron chi connectivity index (χ0n) is 12.4. The molecule has 1 aliphatic heterocycles. The van der Waals surface area contributed by atoms with E-state index in [2.05, 4.69) is 5.32 Å². The summed E-state index contributed by atoms with van der Waals surface area (Å²) in [5.41, 5.74) is 5.58. The standard InChI is InChI=1S/C16H10Cl2FN3O3/c17-8-3-1-7(2-4-8)14(23)21-13-9-5-11(19)10(18)6-12(9)22(15(13)24)16(20)25/h1-6,13H,(H2,20,25)(H,21,23). The first-order valence-corrected chi connectivity index (χ1v) is 7.74. The second-order valence-electron chi connectivity index (χ2n) is 5.25. The number of carbonyl (C=O) groups is 3. The highest BCUT2D eigenvalue weighted by atomic mass is 35.5. The van der Waals surface area contributed by atoms with Crippen LogP contribution in [0.3, 0.4) is 0 Å². The number of hydrogen-bond donors (Lipinski definition) is 2. The fraction of sp³-hybridized carbons (Fsp3) is 0.0625. The van der Waals surface area contributed by atoms with Gasteiger partial charge in [-0.15, -0.1) is 0 Å². The number of rotatable bonds is 2. The average molecular weight is 382 g/mol. The number of nitrogens with one attached hydrogen (secondary N) is 1. The van der Waals surface area contributed by atoms with Gasteiger partial charge in [0.2, 0.25) is 0 Å². The highest BCUT2D eigenvalue weighted by molar-refractivity contribution is 6.32. The number of nitrogens with two attached hydrogens (primary N) is 1. The summed E-state index contributed by atoms with van der Waals surface area (Å²) in [6.45, 7) is 0. The number of carbonyl (C=O) groups excluding carboxylic acids is 3. The maximum absolute atomic E-state index is 13.8. The molecule has 0 fully saturated rings. The van der Waals surface area contributed by atoms with Gasteiger partial charge in [-0.3, -0.25) is 9.59 Å². The van der Waals surface area contributed by atoms with Gasteiger partial charge >= 0.3 is 6.03 Å². The fourth-order valence-electron chi connectivity index (χ4n) is 2.54. The molecule has 0 aliphatic carbocycles. The Labute approximate surface area is 151 Å². The van der Waals surface area contributed by atoms with Gasteiger partial charge in [0.1, 0.15) is 11.9 Å². The van der Waals surface area contributed by atoms with Crippen LogP contribution < -0.4 is 16.0 Å². The van der Waals surface area contributed by atoms with Crippen molar-refractivity contribution in [3.05, 3.63) is 63.4 Å². The molecule has 1 aliphatic rings. The van der Waals surface area contributed by atoms with E-state index in [0.29, 0.717) is 9.92 Å². The molecule has 0 saturated carbocycles. The van der Waals surface area contributed by atoms with E-state index in [1.165, 1.54) is 24.3 Å². The van der Waals surface area contributed by atoms with Crippen molar-refractivity contribution in [1.29, 1.82) is 0 Å². The minimum Gasteiger partial charge on any atom is -0.351 e. The molecule has 1 unspecified atom stereocenters. The van der Waals surface area contributed by atoms with Gasteiger partial charge in [0.05, 0.1) is 10.7 Å². The molecule has 2 aromatic carbocycles. The fourth-order valence-corrected chi connectivity index (χ4v) is 2.82. The molecular weight excluding hydrogens is 372 g/mol. The van der Waals surface area contributed by atoms with E-state index in [4.69, 9.17) is 28.9 Å². The van der Waals surface area contributed by atoms with Crippen LogP contribution in [0.2, 0.25) is 10.0 Å². The van der Waals surface area contributed by atoms with Crippen molar-refractivity contribution < 1.29 is 18.8 Å². The van der Waals surface area contributed by atoms with Gasteiger partial charge in [0.15, 0.2) is 0 Å². The van der Waals surface area contributed by atoms with Crippen LogP contribution in [0, 0.1) is 5.82 Å². The van der Waals surface area contributed by atoms with Crippen molar-refractivity contribution in [1.82, 2.24) is 5.32 Å². The van der Waals surface area contributed by atoms with E-state index >= 15 is 0 Å². The predicted octanol–water partition coefficient (Wildman–Crippen LogP) is 3.03. The summed E-state index contributed by atoms with van der Waals surface area (Å²) in [5, 5.41) is 2.63. The Balaban J connectivity index is 1.98. The second kappa shape index (κ2) is 6.34. The molecule has 4 amide bonds. The smallest absolute Gasteiger partial charge is 0.326 e. The molecule has 1 atom stereocenters. The maximum Gasteiger partial charge on any atom is 0.326 e. The first-order chi connectivity index (χ1) is 11.8. The van der Waals surface area contributed by atoms with E-state index in [1.807, 2.05) is 0 Å². The maximum atomic E-state index is 13.8. The zero-order chi connectivity index (χ0) is 18.3. The molecule has 0 aromatic heterocycles. The molecule has 25 heavy (non-hydrogen) atoms. The lowest BCUT2D eigenvalue weighted by Crippen LogP contribution is -2.42. The normalized spacial score (nSPS) is 15.9. The van der Waals surface area contributed by atoms with Gasteiger partial charge in [0, 0.05) is 16.1 Å². The topological polar surface area (TPSA) is 92.5 Å². The van der Waals surface area contributed by atoms with Crippen molar-refractivity contribution in [2.75, 3.05) is 4.90 Å². The molecule has 0 spiro atoms. The molecule has 0 radical (unpaired) electrons. The van der Waals surface area contributed by atoms with Gasteiger partial charge in [0.25, 0.3) is 11.8 Å². The second-order valence-corrected chi connectivity index (χ2v) is 6.09. The van der Waals surface area contributed by atoms with Crippen LogP contribution in [0.15, 0.2) is 36.4 Å². The first kappa shape index (κ1) is 17.2. The summed E-state index contributed by atoms with van der Waals surface area (Å²) in [6.07, 6.45) is 0. The van der Waals surface area contributed by atoms with Crippen LogP contribution in [-0.4, -0.2) is 17.8 Å². The minimum atomic E-state index is -1.27. The summed E-state index contributed by atoms with van der Waals surface area (Å²) >= 11 is 11.5. The Morgan fingerprint density at radius 1 is 1.16 bits per heavy atom. The molecular formula is C16H10Cl2FN3O3. The average Bonchev–Trinajstić information content (AvgIpc) is 2.80. The molecule has 128 valence electrons. The number of halogens is 3. The summed E-state index contributed by atoms with van der Waals surface area (Å²) in [4.78, 5) is 37.0. The van der Waals surface area contributed by atoms with Crippen LogP contribution in [0.25, 0.3) is 0 Å². The van der Waals surface area contributed by atoms with E-state index in [0.717, 1.165) is 12.1 Å². The van der Waals surface area contributed by atoms with Crippen molar-refractivity contribution >= 4 is 46.7 Å². The molecule has 3 rings (SSSR count). The van der Waals surface area contributed by atoms with E-state index in [1.54, 1.807) is 0 Å². The molecule has 0 saturated heterocycles. The third kappa shape index (κ3) is 3.04. The van der Waals surface area contributed by atoms with Gasteiger partial charge in [-0.25, -0.2) is 14.1 Å². The van der Waals surface area contributed by atoms with Crippen LogP contribution in [0.5, 0.6) is 0 Å². The monoisotopic (exact) mass is 381 g/mol. The van der Waals surface area contributed by atoms with E-state index in [-0.39, 0.29) is 21.8 Å². The highest BCUT2D eigenvalue weighted by Crippen LogP contribution is 2.39. The molecule has 0 bridgehead atoms. The molecule has 6 nitrogen and oxygen atoms in total. The lowest BCUT2D eigenvalue weighted by Gasteiger charge is -2.14. The number of nitrogens with zero attached hydrogens (tertiary/aromatic N) is 1. The number of primary amides is 1. The quantitative estimate of drug-likeness (QED) is 0.836. The summed E-state index contributed by atoms with van der Waals surface area (Å²) < 4.78 is 13.8. The Bertz CT molecular complexity index is 902. The lowest BCUT2D eigenvalue weighted by molar-refractivity contribution is -0.119. The van der Waals surface area contributed by atoms with Crippen molar-refractivity contribution in [2.45, 2.75) is 6.04 Å². The van der Waals surface area contributed by atoms with Gasteiger partial charge in [-0.2, -0.15) is 0 Å². The molecule has 2 aromatic rings. The van der Waals surface area contributed by atoms with Crippen LogP contribution in [0.4, 0.5) is 14.9 Å². The highest BCUT2D eigenvalue weighted by Gasteiger charge is 2.41. The van der Waals surface area contributed by atoms with Crippen LogP contribution in [0.1, 0.15) is 22.0 Å². The van der Waals surface area contributed by atoms with Crippen molar-refractivity contribution in [2.24, 2.45) is 5.73 Å². The number of hydrogen-bond acceptors (Lipinski definition) is 3. The van der Waals surface area contributed by atoms with Crippen LogP contribution in [-0.2, 0) is 4.79 Å². The third-order valence-electron chi connectivity index (χ3n) is 3.69. The predicted molar refractivity (Wildman–Crippen MR) is 90.1 cm³/mol. The number of fused-ring (bicyclic) bond motifs is 1. The Kier molecular flexibility index (Phi) is 4.36. The number of urea groups is 1.